The first-order valence-electron chi connectivity index (χ1n) is 9.43. The number of aryl methyl sites for hydroxylation is 1. The summed E-state index contributed by atoms with van der Waals surface area (Å²) in [5.41, 5.74) is 4.39. The minimum atomic E-state index is 0. The maximum absolute atomic E-state index is 12.5. The van der Waals surface area contributed by atoms with Crippen LogP contribution in [0.5, 0.6) is 0 Å². The van der Waals surface area contributed by atoms with Crippen LogP contribution >= 0.6 is 0 Å². The van der Waals surface area contributed by atoms with Crippen LogP contribution in [0.2, 0.25) is 0 Å². The van der Waals surface area contributed by atoms with Gasteiger partial charge in [-0.1, -0.05) is 74.4 Å². The summed E-state index contributed by atoms with van der Waals surface area (Å²) in [5.74, 6) is 0.133. The quantitative estimate of drug-likeness (QED) is 0.214. The Morgan fingerprint density at radius 1 is 0.815 bits per heavy atom. The number of nitrogens with zero attached hydrogens (tertiary/aromatic N) is 1. The number of benzene rings is 2. The van der Waals surface area contributed by atoms with Crippen LogP contribution in [0.4, 0.5) is 0 Å². The van der Waals surface area contributed by atoms with E-state index in [-0.39, 0.29) is 29.8 Å². The fourth-order valence-electron chi connectivity index (χ4n) is 3.08. The van der Waals surface area contributed by atoms with Crippen molar-refractivity contribution in [2.45, 2.75) is 39.2 Å². The van der Waals surface area contributed by atoms with Gasteiger partial charge in [0.05, 0.1) is 0 Å². The molecule has 0 aliphatic rings. The highest BCUT2D eigenvalue weighted by atomic mass is 127. The van der Waals surface area contributed by atoms with E-state index in [2.05, 4.69) is 31.2 Å². The molecule has 0 unspecified atom stereocenters. The Labute approximate surface area is 179 Å². The fraction of sp³-hybridized carbons (Fsp3) is 0.250. The summed E-state index contributed by atoms with van der Waals surface area (Å²) in [5, 5.41) is 0. The van der Waals surface area contributed by atoms with Gasteiger partial charge in [0.25, 0.3) is 0 Å². The lowest BCUT2D eigenvalue weighted by Gasteiger charge is -2.04. The predicted molar refractivity (Wildman–Crippen MR) is 106 cm³/mol. The van der Waals surface area contributed by atoms with E-state index in [1.165, 1.54) is 30.4 Å². The van der Waals surface area contributed by atoms with E-state index >= 15 is 0 Å². The van der Waals surface area contributed by atoms with E-state index in [0.717, 1.165) is 17.5 Å². The van der Waals surface area contributed by atoms with Crippen molar-refractivity contribution in [3.05, 3.63) is 90.3 Å². The third-order valence-corrected chi connectivity index (χ3v) is 4.67. The Hall–Kier alpha value is -2.01. The van der Waals surface area contributed by atoms with Crippen LogP contribution in [-0.4, -0.2) is 5.78 Å². The van der Waals surface area contributed by atoms with Crippen LogP contribution in [0.1, 0.15) is 42.1 Å². The second-order valence-electron chi connectivity index (χ2n) is 6.70. The van der Waals surface area contributed by atoms with Gasteiger partial charge in [0.1, 0.15) is 0 Å². The maximum Gasteiger partial charge on any atom is 0.227 e. The average Bonchev–Trinajstić information content (AvgIpc) is 2.70. The Morgan fingerprint density at radius 3 is 2.07 bits per heavy atom. The molecule has 0 saturated carbocycles. The van der Waals surface area contributed by atoms with Crippen molar-refractivity contribution in [1.29, 1.82) is 0 Å². The van der Waals surface area contributed by atoms with Crippen LogP contribution in [0, 0.1) is 0 Å². The number of carbonyl (C=O) groups excluding carboxylic acids is 1. The molecular weight excluding hydrogens is 445 g/mol. The van der Waals surface area contributed by atoms with E-state index in [4.69, 9.17) is 0 Å². The van der Waals surface area contributed by atoms with E-state index in [9.17, 15) is 4.79 Å². The molecule has 0 aliphatic carbocycles. The molecular formula is C24H26INO. The number of aromatic nitrogens is 1. The summed E-state index contributed by atoms with van der Waals surface area (Å²) < 4.78 is 1.96. The lowest BCUT2D eigenvalue weighted by atomic mass is 10.0. The zero-order valence-corrected chi connectivity index (χ0v) is 17.9. The van der Waals surface area contributed by atoms with Gasteiger partial charge in [-0.15, -0.1) is 0 Å². The topological polar surface area (TPSA) is 20.9 Å². The van der Waals surface area contributed by atoms with E-state index in [1.54, 1.807) is 0 Å². The second-order valence-corrected chi connectivity index (χ2v) is 6.70. The molecule has 0 atom stereocenters. The highest BCUT2D eigenvalue weighted by Gasteiger charge is 2.12. The van der Waals surface area contributed by atoms with Crippen molar-refractivity contribution in [2.24, 2.45) is 0 Å². The van der Waals surface area contributed by atoms with Gasteiger partial charge in [-0.05, 0) is 29.5 Å². The van der Waals surface area contributed by atoms with Gasteiger partial charge in [0, 0.05) is 17.7 Å². The largest absolute Gasteiger partial charge is 1.00 e. The highest BCUT2D eigenvalue weighted by molar-refractivity contribution is 5.95. The first-order chi connectivity index (χ1) is 12.8. The third kappa shape index (κ3) is 6.28. The number of hydrogen-bond donors (Lipinski definition) is 0. The SMILES string of the molecule is CCCCCc1cc[n+](CC(=O)c2ccc(-c3ccccc3)cc2)cc1.[I-]. The molecule has 0 fully saturated rings. The molecule has 0 aliphatic heterocycles. The van der Waals surface area contributed by atoms with Gasteiger partial charge in [0.2, 0.25) is 12.3 Å². The molecule has 0 radical (unpaired) electrons. The summed E-state index contributed by atoms with van der Waals surface area (Å²) in [6.45, 7) is 2.59. The molecule has 2 nitrogen and oxygen atoms in total. The summed E-state index contributed by atoms with van der Waals surface area (Å²) in [4.78, 5) is 12.5. The number of ketones is 1. The van der Waals surface area contributed by atoms with Crippen LogP contribution < -0.4 is 28.5 Å². The molecule has 3 aromatic rings. The number of halogens is 1. The molecule has 2 aromatic carbocycles. The van der Waals surface area contributed by atoms with Gasteiger partial charge in [0.15, 0.2) is 12.4 Å². The van der Waals surface area contributed by atoms with Crippen molar-refractivity contribution in [1.82, 2.24) is 0 Å². The zero-order chi connectivity index (χ0) is 18.2. The van der Waals surface area contributed by atoms with Crippen LogP contribution in [0.25, 0.3) is 11.1 Å². The highest BCUT2D eigenvalue weighted by Crippen LogP contribution is 2.19. The molecule has 0 amide bonds. The Morgan fingerprint density at radius 2 is 1.44 bits per heavy atom. The van der Waals surface area contributed by atoms with Crippen LogP contribution in [0.3, 0.4) is 0 Å². The van der Waals surface area contributed by atoms with Crippen molar-refractivity contribution in [3.8, 4) is 11.1 Å². The van der Waals surface area contributed by atoms with Crippen molar-refractivity contribution >= 4 is 5.78 Å². The summed E-state index contributed by atoms with van der Waals surface area (Å²) in [7, 11) is 0. The maximum atomic E-state index is 12.5. The third-order valence-electron chi connectivity index (χ3n) is 4.67. The molecule has 0 spiro atoms. The normalized spacial score (nSPS) is 10.3. The lowest BCUT2D eigenvalue weighted by Crippen LogP contribution is -3.00. The number of carbonyl (C=O) groups is 1. The first kappa shape index (κ1) is 21.3. The predicted octanol–water partition coefficient (Wildman–Crippen LogP) is 2.26. The summed E-state index contributed by atoms with van der Waals surface area (Å²) >= 11 is 0. The molecule has 27 heavy (non-hydrogen) atoms. The number of hydrogen-bond acceptors (Lipinski definition) is 1. The first-order valence-corrected chi connectivity index (χ1v) is 9.43. The number of unbranched alkanes of at least 4 members (excludes halogenated alkanes) is 2. The average molecular weight is 471 g/mol. The summed E-state index contributed by atoms with van der Waals surface area (Å²) in [6.07, 6.45) is 8.88. The van der Waals surface area contributed by atoms with Crippen molar-refractivity contribution in [3.63, 3.8) is 0 Å². The number of rotatable bonds is 8. The second kappa shape index (κ2) is 11.0. The molecule has 0 saturated heterocycles. The molecule has 1 heterocycles. The zero-order valence-electron chi connectivity index (χ0n) is 15.8. The fourth-order valence-corrected chi connectivity index (χ4v) is 3.08. The Kier molecular flexibility index (Phi) is 8.65. The molecule has 140 valence electrons. The Balaban J connectivity index is 0.00000261. The number of Topliss-reactive ketones (excluding diaryl/α,β-unsaturated/α-hetero) is 1. The molecule has 0 bridgehead atoms. The molecule has 0 N–H and O–H groups in total. The van der Waals surface area contributed by atoms with Gasteiger partial charge < -0.3 is 24.0 Å². The van der Waals surface area contributed by atoms with E-state index in [0.29, 0.717) is 6.54 Å². The standard InChI is InChI=1S/C24H26NO.HI/c1-2-3-5-8-20-15-17-25(18-16-20)19-24(26)23-13-11-22(12-14-23)21-9-6-4-7-10-21;/h4,6-7,9-18H,2-3,5,8,19H2,1H3;1H/q+1;/p-1. The van der Waals surface area contributed by atoms with Crippen molar-refractivity contribution in [2.75, 3.05) is 0 Å². The molecule has 3 heteroatoms. The van der Waals surface area contributed by atoms with Crippen LogP contribution in [-0.2, 0) is 13.0 Å². The van der Waals surface area contributed by atoms with Gasteiger partial charge >= 0.3 is 0 Å². The Bertz CT molecular complexity index is 827. The van der Waals surface area contributed by atoms with Gasteiger partial charge in [-0.25, -0.2) is 0 Å². The summed E-state index contributed by atoms with van der Waals surface area (Å²) in [6, 6.07) is 22.3. The number of pyridine rings is 1. The minimum absolute atomic E-state index is 0. The van der Waals surface area contributed by atoms with Crippen molar-refractivity contribution < 1.29 is 33.3 Å². The monoisotopic (exact) mass is 471 g/mol. The van der Waals surface area contributed by atoms with Gasteiger partial charge in [-0.2, -0.15) is 4.57 Å². The minimum Gasteiger partial charge on any atom is -1.00 e. The van der Waals surface area contributed by atoms with E-state index in [1.807, 2.05) is 59.4 Å². The van der Waals surface area contributed by atoms with Gasteiger partial charge in [-0.3, -0.25) is 4.79 Å². The smallest absolute Gasteiger partial charge is 0.227 e. The molecule has 3 rings (SSSR count). The molecule has 1 aromatic heterocycles. The van der Waals surface area contributed by atoms with Crippen LogP contribution in [0.15, 0.2) is 79.1 Å². The lowest BCUT2D eigenvalue weighted by molar-refractivity contribution is -0.683. The van der Waals surface area contributed by atoms with E-state index < -0.39 is 0 Å².